The Morgan fingerprint density at radius 1 is 0.483 bits per heavy atom. The Bertz CT molecular complexity index is 6550. The number of nitrogens with two attached hydrogens (primary N) is 1. The van der Waals surface area contributed by atoms with Crippen molar-refractivity contribution >= 4 is 123 Å². The van der Waals surface area contributed by atoms with Gasteiger partial charge in [0.1, 0.15) is 35.4 Å². The van der Waals surface area contributed by atoms with Crippen molar-refractivity contribution < 1.29 is 117 Å². The van der Waals surface area contributed by atoms with Gasteiger partial charge in [-0.25, -0.2) is 18.7 Å². The summed E-state index contributed by atoms with van der Waals surface area (Å²) in [7, 11) is 3.92. The van der Waals surface area contributed by atoms with Gasteiger partial charge < -0.3 is 80.9 Å². The van der Waals surface area contributed by atoms with Crippen molar-refractivity contribution in [1.82, 2.24) is 65.3 Å². The molecular formula is C101H113F8N21O19. The number of nitrogens with zero attached hydrogens (tertiary/aromatic N) is 12. The van der Waals surface area contributed by atoms with Crippen LogP contribution in [0.15, 0.2) is 131 Å². The van der Waals surface area contributed by atoms with Gasteiger partial charge in [-0.05, 0) is 140 Å². The standard InChI is InChI=1S/C50H55F4N11O9.C33H37F4N7O5.C18H21N3O5/c1-28-26-64(27-29(2)61(28)3)39-23-35(51)32(21-37(39)59-46(70)33-25-58-43(68)22-34(33)50(52,53)54)30-7-9-40(57-24-30)62-15-17-63(18-16-62)44(69)12-11-41(66)56-14-20-74-19-13-55-36-6-4-5-31-45(36)49(73)65(48(31)72)38-8-10-42(67)60-47(38)71;1-19-17-44(18-20(2)41(19)3)27-14-25(34)22(12-26(27)40-32(49)23-16-39-29(45)13-24(23)33(35,36)37)21-4-5-28(38-15-21)42-8-10-43(11-9-42)30(46)6-7-31(47)48;19-8-10-26-9-2-4-11-3-1-5-12-15(11)18(25)21(17(12)24)13-6-7-14(22)20-16(13)23/h4-7,9,21-25,28-29,38,55H,8,10-20,26-27H2,1-3H3,(H,56,66)(H,58,68)(H,59,70)(H,60,67,71);4-5,12-16,19-20H,6-11,17-18H2,1-3H3,(H,39,45)(H,40,49)(H,47,48);1,3,5,13H,2,4,6-10,19H2,(H,20,22,23)/t28-,29+,38?;19-,20+;. The number of carbonyl (C=O) groups excluding carboxylic acids is 13. The Balaban J connectivity index is 0.000000198. The minimum absolute atomic E-state index is 0.0118. The number of fused-ring (bicyclic) bond motifs is 2. The number of carboxylic acid groups (broad SMARTS) is 1. The number of halogens is 8. The Kier molecular flexibility index (Phi) is 35.0. The number of aliphatic carboxylic acids is 1. The number of anilines is 7. The molecule has 0 saturated carbocycles. The fourth-order valence-electron chi connectivity index (χ4n) is 19.0. The molecule has 6 fully saturated rings. The molecule has 8 aliphatic heterocycles. The Hall–Kier alpha value is -15.3. The topological polar surface area (TPSA) is 500 Å². The molecule has 8 aliphatic rings. The van der Waals surface area contributed by atoms with Crippen molar-refractivity contribution in [2.75, 3.05) is 174 Å². The van der Waals surface area contributed by atoms with Crippen LogP contribution in [-0.2, 0) is 66.6 Å². The van der Waals surface area contributed by atoms with Crippen molar-refractivity contribution in [3.05, 3.63) is 204 Å². The normalized spacial score (nSPS) is 19.2. The summed E-state index contributed by atoms with van der Waals surface area (Å²) in [5.41, 5.74) is 2.45. The highest BCUT2D eigenvalue weighted by Crippen LogP contribution is 2.43. The van der Waals surface area contributed by atoms with Crippen LogP contribution >= 0.6 is 0 Å². The lowest BCUT2D eigenvalue weighted by Gasteiger charge is -2.44. The number of nitrogens with one attached hydrogen (secondary N) is 8. The zero-order chi connectivity index (χ0) is 107. The lowest BCUT2D eigenvalue weighted by Crippen LogP contribution is -2.55. The number of likely N-dealkylation sites (N-methyl/N-ethyl adjacent to an activating group) is 2. The van der Waals surface area contributed by atoms with E-state index in [0.29, 0.717) is 181 Å². The lowest BCUT2D eigenvalue weighted by atomic mass is 9.99. The quantitative estimate of drug-likeness (QED) is 0.0115. The van der Waals surface area contributed by atoms with Crippen LogP contribution in [0.2, 0.25) is 0 Å². The lowest BCUT2D eigenvalue weighted by molar-refractivity contribution is -0.141. The van der Waals surface area contributed by atoms with Gasteiger partial charge in [-0.3, -0.25) is 107 Å². The van der Waals surface area contributed by atoms with Gasteiger partial charge in [0.05, 0.1) is 93.5 Å². The van der Waals surface area contributed by atoms with E-state index in [1.807, 2.05) is 61.4 Å². The van der Waals surface area contributed by atoms with E-state index in [1.165, 1.54) is 42.7 Å². The van der Waals surface area contributed by atoms with Gasteiger partial charge in [0.2, 0.25) is 52.5 Å². The number of aromatic nitrogens is 4. The highest BCUT2D eigenvalue weighted by atomic mass is 19.4. The van der Waals surface area contributed by atoms with E-state index in [4.69, 9.17) is 20.3 Å². The summed E-state index contributed by atoms with van der Waals surface area (Å²) in [5, 5.41) is 24.1. The average molecular weight is 2080 g/mol. The number of aryl methyl sites for hydroxylation is 1. The van der Waals surface area contributed by atoms with Crippen LogP contribution in [0.25, 0.3) is 22.3 Å². The summed E-state index contributed by atoms with van der Waals surface area (Å²) < 4.78 is 126. The Labute approximate surface area is 848 Å². The molecule has 40 nitrogen and oxygen atoms in total. The number of hydrogen-bond donors (Lipinski definition) is 10. The minimum Gasteiger partial charge on any atom is -0.481 e. The van der Waals surface area contributed by atoms with Gasteiger partial charge >= 0.3 is 18.3 Å². The van der Waals surface area contributed by atoms with Crippen LogP contribution in [0.3, 0.4) is 0 Å². The number of benzene rings is 4. The monoisotopic (exact) mass is 2080 g/mol. The molecule has 792 valence electrons. The van der Waals surface area contributed by atoms with Crippen molar-refractivity contribution in [2.24, 2.45) is 5.73 Å². The molecule has 12 heterocycles. The number of pyridine rings is 4. The number of carboxylic acids is 1. The first kappa shape index (κ1) is 109. The molecule has 149 heavy (non-hydrogen) atoms. The molecule has 2 unspecified atom stereocenters. The first-order valence-electron chi connectivity index (χ1n) is 48.5. The van der Waals surface area contributed by atoms with Gasteiger partial charge in [0.15, 0.2) is 0 Å². The van der Waals surface area contributed by atoms with Crippen LogP contribution < -0.4 is 68.4 Å². The summed E-state index contributed by atoms with van der Waals surface area (Å²) in [6, 6.07) is 20.5. The Morgan fingerprint density at radius 2 is 0.913 bits per heavy atom. The largest absolute Gasteiger partial charge is 0.481 e. The molecule has 11 N–H and O–H groups in total. The molecule has 0 bridgehead atoms. The van der Waals surface area contributed by atoms with E-state index in [9.17, 15) is 103 Å². The first-order valence-corrected chi connectivity index (χ1v) is 48.5. The number of alkyl halides is 6. The predicted molar refractivity (Wildman–Crippen MR) is 528 cm³/mol. The number of piperidine rings is 2. The fraction of sp³-hybridized carbons (Fsp3) is 0.426. The third kappa shape index (κ3) is 25.9. The van der Waals surface area contributed by atoms with Gasteiger partial charge in [-0.1, -0.05) is 18.2 Å². The molecule has 4 aromatic heterocycles. The summed E-state index contributed by atoms with van der Waals surface area (Å²) in [4.78, 5) is 229. The molecule has 48 heteroatoms. The van der Waals surface area contributed by atoms with Crippen LogP contribution in [0.5, 0.6) is 0 Å². The second kappa shape index (κ2) is 47.7. The number of amides is 13. The summed E-state index contributed by atoms with van der Waals surface area (Å²) >= 11 is 0. The van der Waals surface area contributed by atoms with Crippen LogP contribution in [0.4, 0.5) is 75.2 Å². The molecule has 4 aromatic carbocycles. The maximum Gasteiger partial charge on any atom is 0.417 e. The molecule has 6 saturated heterocycles. The van der Waals surface area contributed by atoms with Gasteiger partial charge in [0, 0.05) is 226 Å². The van der Waals surface area contributed by atoms with E-state index in [1.54, 1.807) is 64.4 Å². The van der Waals surface area contributed by atoms with Gasteiger partial charge in [-0.15, -0.1) is 0 Å². The predicted octanol–water partition coefficient (Wildman–Crippen LogP) is 7.34. The third-order valence-electron chi connectivity index (χ3n) is 27.3. The molecule has 16 rings (SSSR count). The van der Waals surface area contributed by atoms with Crippen LogP contribution in [0, 0.1) is 11.6 Å². The molecule has 6 atom stereocenters. The molecule has 0 aliphatic carbocycles. The third-order valence-corrected chi connectivity index (χ3v) is 27.3. The van der Waals surface area contributed by atoms with Crippen molar-refractivity contribution in [3.8, 4) is 22.3 Å². The number of carbonyl (C=O) groups is 14. The number of H-pyrrole nitrogens is 2. The second-order valence-electron chi connectivity index (χ2n) is 37.2. The summed E-state index contributed by atoms with van der Waals surface area (Å²) in [6.45, 7) is 15.2. The maximum absolute atomic E-state index is 16.2. The smallest absolute Gasteiger partial charge is 0.417 e. The number of ether oxygens (including phenoxy) is 2. The highest BCUT2D eigenvalue weighted by molar-refractivity contribution is 6.26. The highest BCUT2D eigenvalue weighted by Gasteiger charge is 2.49. The average Bonchev–Trinajstić information content (AvgIpc) is 1.40. The van der Waals surface area contributed by atoms with Crippen LogP contribution in [-0.4, -0.2) is 312 Å². The second-order valence-corrected chi connectivity index (χ2v) is 37.2. The molecule has 8 aromatic rings. The van der Waals surface area contributed by atoms with E-state index < -0.39 is 129 Å². The number of rotatable bonds is 31. The fourth-order valence-corrected chi connectivity index (χ4v) is 19.0. The number of hydrogen-bond acceptors (Lipinski definition) is 28. The van der Waals surface area contributed by atoms with E-state index >= 15 is 8.78 Å². The van der Waals surface area contributed by atoms with Gasteiger partial charge in [-0.2, -0.15) is 26.3 Å². The number of piperazine rings is 4. The van der Waals surface area contributed by atoms with E-state index in [2.05, 4.69) is 61.6 Å². The van der Waals surface area contributed by atoms with Crippen LogP contribution in [0.1, 0.15) is 164 Å². The van der Waals surface area contributed by atoms with E-state index in [-0.39, 0.29) is 165 Å². The molecule has 13 amide bonds. The number of imide groups is 4. The van der Waals surface area contributed by atoms with Gasteiger partial charge in [0.25, 0.3) is 35.4 Å². The summed E-state index contributed by atoms with van der Waals surface area (Å²) in [6.07, 6.45) is -4.45. The Morgan fingerprint density at radius 3 is 1.34 bits per heavy atom. The van der Waals surface area contributed by atoms with Crippen molar-refractivity contribution in [1.29, 1.82) is 0 Å². The molecule has 0 spiro atoms. The first-order chi connectivity index (χ1) is 70.9. The SMILES string of the molecule is C[C@@H]1CN(c2cc(F)c(-c3ccc(N4CCN(C(=O)CCC(=O)NCCOCCNc5cccc6c5C(=O)N(C5CCC(=O)NC5=O)C6=O)CC4)nc3)cc2NC(=O)c2c[nH]c(=O)cc2C(F)(F)F)C[C@H](C)N1C.C[C@@H]1CN(c2cc(F)c(-c3ccc(N4CCN(C(=O)CCC(=O)O)CC4)nc3)cc2NC(=O)c2c[nH]c(=O)cc2C(F)(F)F)C[C@H](C)N1C.NCCOCCCc1cccc2c1C(=O)N(C1CCC(=O)NC1=O)C2=O. The zero-order valence-electron chi connectivity index (χ0n) is 82.3. The zero-order valence-corrected chi connectivity index (χ0v) is 82.3. The maximum atomic E-state index is 16.2. The van der Waals surface area contributed by atoms with Crippen molar-refractivity contribution in [3.63, 3.8) is 0 Å². The van der Waals surface area contributed by atoms with E-state index in [0.717, 1.165) is 15.4 Å². The molecule has 0 radical (unpaired) electrons. The number of aromatic amines is 2. The minimum atomic E-state index is -5.00. The van der Waals surface area contributed by atoms with Crippen molar-refractivity contribution in [2.45, 2.75) is 141 Å². The molecular weight excluding hydrogens is 1960 g/mol. The summed E-state index contributed by atoms with van der Waals surface area (Å²) in [5.74, 6) is -8.60.